The van der Waals surface area contributed by atoms with Crippen molar-refractivity contribution < 1.29 is 10.0 Å². The molecule has 0 aromatic heterocycles. The van der Waals surface area contributed by atoms with Crippen molar-refractivity contribution in [2.75, 3.05) is 6.61 Å². The molecule has 2 bridgehead atoms. The van der Waals surface area contributed by atoms with Crippen LogP contribution in [0, 0.1) is 22.0 Å². The lowest BCUT2D eigenvalue weighted by Gasteiger charge is -2.26. The molecule has 2 aliphatic carbocycles. The third-order valence-electron chi connectivity index (χ3n) is 3.58. The molecule has 0 saturated heterocycles. The molecule has 2 rings (SSSR count). The van der Waals surface area contributed by atoms with Gasteiger partial charge in [-0.1, -0.05) is 0 Å². The Morgan fingerprint density at radius 3 is 2.58 bits per heavy atom. The van der Waals surface area contributed by atoms with Crippen molar-refractivity contribution >= 4 is 0 Å². The smallest absolute Gasteiger partial charge is 0.247 e. The van der Waals surface area contributed by atoms with E-state index in [0.29, 0.717) is 12.3 Å². The Hall–Kier alpha value is -0.640. The van der Waals surface area contributed by atoms with Gasteiger partial charge in [-0.2, -0.15) is 0 Å². The summed E-state index contributed by atoms with van der Waals surface area (Å²) in [6, 6.07) is 0. The number of rotatable bonds is 2. The molecule has 0 radical (unpaired) electrons. The van der Waals surface area contributed by atoms with Crippen LogP contribution in [-0.2, 0) is 0 Å². The molecular formula is C8H13NO3. The summed E-state index contributed by atoms with van der Waals surface area (Å²) in [6.45, 7) is -0.277. The second kappa shape index (κ2) is 2.42. The maximum absolute atomic E-state index is 10.8. The maximum atomic E-state index is 10.8. The van der Waals surface area contributed by atoms with Gasteiger partial charge in [-0.3, -0.25) is 10.1 Å². The third kappa shape index (κ3) is 0.813. The molecular weight excluding hydrogens is 158 g/mol. The third-order valence-corrected chi connectivity index (χ3v) is 3.58. The Labute approximate surface area is 70.7 Å². The van der Waals surface area contributed by atoms with Gasteiger partial charge in [-0.15, -0.1) is 0 Å². The summed E-state index contributed by atoms with van der Waals surface area (Å²) in [5.41, 5.74) is -0.969. The first-order valence-corrected chi connectivity index (χ1v) is 4.44. The Kier molecular flexibility index (Phi) is 1.61. The second-order valence-corrected chi connectivity index (χ2v) is 4.10. The van der Waals surface area contributed by atoms with E-state index in [4.69, 9.17) is 5.11 Å². The fourth-order valence-corrected chi connectivity index (χ4v) is 2.89. The van der Waals surface area contributed by atoms with E-state index in [1.54, 1.807) is 0 Å². The summed E-state index contributed by atoms with van der Waals surface area (Å²) in [6.07, 6.45) is 3.62. The van der Waals surface area contributed by atoms with Crippen LogP contribution in [0.2, 0.25) is 0 Å². The van der Waals surface area contributed by atoms with E-state index < -0.39 is 5.54 Å². The lowest BCUT2D eigenvalue weighted by atomic mass is 9.82. The zero-order chi connectivity index (χ0) is 8.77. The van der Waals surface area contributed by atoms with Crippen LogP contribution in [-0.4, -0.2) is 22.2 Å². The first-order valence-electron chi connectivity index (χ1n) is 4.44. The fraction of sp³-hybridized carbons (Fsp3) is 1.00. The molecule has 0 spiro atoms. The van der Waals surface area contributed by atoms with Crippen LogP contribution in [0.3, 0.4) is 0 Å². The summed E-state index contributed by atoms with van der Waals surface area (Å²) in [4.78, 5) is 10.5. The summed E-state index contributed by atoms with van der Waals surface area (Å²) in [5.74, 6) is 0.648. The predicted molar refractivity (Wildman–Crippen MR) is 42.3 cm³/mol. The molecule has 4 nitrogen and oxygen atoms in total. The van der Waals surface area contributed by atoms with Crippen molar-refractivity contribution in [3.63, 3.8) is 0 Å². The maximum Gasteiger partial charge on any atom is 0.247 e. The van der Waals surface area contributed by atoms with Crippen molar-refractivity contribution in [2.24, 2.45) is 11.8 Å². The molecule has 0 heterocycles. The van der Waals surface area contributed by atoms with Gasteiger partial charge in [-0.25, -0.2) is 0 Å². The lowest BCUT2D eigenvalue weighted by molar-refractivity contribution is -0.583. The van der Waals surface area contributed by atoms with Crippen molar-refractivity contribution in [1.29, 1.82) is 0 Å². The normalized spacial score (nSPS) is 45.1. The Balaban J connectivity index is 2.25. The second-order valence-electron chi connectivity index (χ2n) is 4.10. The van der Waals surface area contributed by atoms with E-state index in [1.165, 1.54) is 0 Å². The summed E-state index contributed by atoms with van der Waals surface area (Å²) in [5, 5.41) is 19.9. The molecule has 0 aromatic carbocycles. The first-order chi connectivity index (χ1) is 5.69. The van der Waals surface area contributed by atoms with E-state index in [2.05, 4.69) is 0 Å². The molecule has 68 valence electrons. The zero-order valence-corrected chi connectivity index (χ0v) is 6.90. The number of hydrogen-bond acceptors (Lipinski definition) is 3. The van der Waals surface area contributed by atoms with Crippen LogP contribution in [0.15, 0.2) is 0 Å². The number of fused-ring (bicyclic) bond motifs is 2. The molecule has 4 heteroatoms. The van der Waals surface area contributed by atoms with E-state index in [0.717, 1.165) is 19.3 Å². The SMILES string of the molecule is O=[N+]([O-])[C@@]1(CO)C[C@@H]2CC[C@H]1C2. The Bertz CT molecular complexity index is 218. The highest BCUT2D eigenvalue weighted by Crippen LogP contribution is 2.51. The van der Waals surface area contributed by atoms with Gasteiger partial charge >= 0.3 is 0 Å². The van der Waals surface area contributed by atoms with Crippen LogP contribution in [0.5, 0.6) is 0 Å². The summed E-state index contributed by atoms with van der Waals surface area (Å²) >= 11 is 0. The monoisotopic (exact) mass is 171 g/mol. The minimum absolute atomic E-state index is 0.141. The van der Waals surface area contributed by atoms with Crippen LogP contribution >= 0.6 is 0 Å². The largest absolute Gasteiger partial charge is 0.389 e. The van der Waals surface area contributed by atoms with Gasteiger partial charge in [-0.05, 0) is 25.2 Å². The van der Waals surface area contributed by atoms with Gasteiger partial charge < -0.3 is 5.11 Å². The van der Waals surface area contributed by atoms with Gasteiger partial charge in [0.1, 0.15) is 6.61 Å². The molecule has 0 aromatic rings. The summed E-state index contributed by atoms with van der Waals surface area (Å²) in [7, 11) is 0. The number of aliphatic hydroxyl groups is 1. The molecule has 2 fully saturated rings. The van der Waals surface area contributed by atoms with Crippen molar-refractivity contribution in [1.82, 2.24) is 0 Å². The van der Waals surface area contributed by atoms with E-state index in [-0.39, 0.29) is 17.4 Å². The van der Waals surface area contributed by atoms with Crippen LogP contribution in [0.1, 0.15) is 25.7 Å². The van der Waals surface area contributed by atoms with Gasteiger partial charge in [0.25, 0.3) is 0 Å². The number of nitrogens with zero attached hydrogens (tertiary/aromatic N) is 1. The molecule has 2 saturated carbocycles. The Morgan fingerprint density at radius 1 is 1.58 bits per heavy atom. The topological polar surface area (TPSA) is 63.4 Å². The van der Waals surface area contributed by atoms with Crippen LogP contribution in [0.4, 0.5) is 0 Å². The quantitative estimate of drug-likeness (QED) is 0.494. The predicted octanol–water partition coefficient (Wildman–Crippen LogP) is 0.814. The lowest BCUT2D eigenvalue weighted by Crippen LogP contribution is -2.46. The van der Waals surface area contributed by atoms with E-state index in [1.807, 2.05) is 0 Å². The number of aliphatic hydroxyl groups excluding tert-OH is 1. The van der Waals surface area contributed by atoms with Crippen LogP contribution in [0.25, 0.3) is 0 Å². The molecule has 1 N–H and O–H groups in total. The minimum Gasteiger partial charge on any atom is -0.389 e. The van der Waals surface area contributed by atoms with Gasteiger partial charge in [0.2, 0.25) is 5.54 Å². The Morgan fingerprint density at radius 2 is 2.33 bits per heavy atom. The van der Waals surface area contributed by atoms with Crippen molar-refractivity contribution in [3.8, 4) is 0 Å². The average Bonchev–Trinajstić information content (AvgIpc) is 2.62. The fourth-order valence-electron chi connectivity index (χ4n) is 2.89. The zero-order valence-electron chi connectivity index (χ0n) is 6.90. The first kappa shape index (κ1) is 7.98. The highest BCUT2D eigenvalue weighted by atomic mass is 16.6. The van der Waals surface area contributed by atoms with Gasteiger partial charge in [0, 0.05) is 17.3 Å². The van der Waals surface area contributed by atoms with E-state index in [9.17, 15) is 10.1 Å². The van der Waals surface area contributed by atoms with Crippen LogP contribution < -0.4 is 0 Å². The minimum atomic E-state index is -0.969. The highest BCUT2D eigenvalue weighted by molar-refractivity contribution is 5.01. The molecule has 0 unspecified atom stereocenters. The molecule has 0 amide bonds. The van der Waals surface area contributed by atoms with Gasteiger partial charge in [0.05, 0.1) is 0 Å². The average molecular weight is 171 g/mol. The molecule has 12 heavy (non-hydrogen) atoms. The van der Waals surface area contributed by atoms with Gasteiger partial charge in [0.15, 0.2) is 0 Å². The molecule has 0 aliphatic heterocycles. The number of nitro groups is 1. The highest BCUT2D eigenvalue weighted by Gasteiger charge is 2.59. The number of hydrogen-bond donors (Lipinski definition) is 1. The molecule has 3 atom stereocenters. The van der Waals surface area contributed by atoms with E-state index >= 15 is 0 Å². The summed E-state index contributed by atoms with van der Waals surface area (Å²) < 4.78 is 0. The van der Waals surface area contributed by atoms with Crippen molar-refractivity contribution in [3.05, 3.63) is 10.1 Å². The molecule has 2 aliphatic rings. The van der Waals surface area contributed by atoms with Crippen molar-refractivity contribution in [2.45, 2.75) is 31.2 Å². The standard InChI is InChI=1S/C8H13NO3/c10-5-8(9(11)12)4-6-1-2-7(8)3-6/h6-7,10H,1-5H2/t6-,7+,8-/m1/s1.